The van der Waals surface area contributed by atoms with Crippen LogP contribution < -0.4 is 16.0 Å². The van der Waals surface area contributed by atoms with Gasteiger partial charge in [0.15, 0.2) is 5.11 Å². The van der Waals surface area contributed by atoms with Gasteiger partial charge in [-0.25, -0.2) is 0 Å². The predicted octanol–water partition coefficient (Wildman–Crippen LogP) is 4.69. The van der Waals surface area contributed by atoms with Gasteiger partial charge in [-0.1, -0.05) is 42.5 Å². The molecule has 0 spiro atoms. The molecule has 2 amide bonds. The maximum atomic E-state index is 13.3. The van der Waals surface area contributed by atoms with Gasteiger partial charge in [-0.3, -0.25) is 9.59 Å². The molecule has 0 aromatic heterocycles. The summed E-state index contributed by atoms with van der Waals surface area (Å²) in [4.78, 5) is 26.1. The second-order valence-electron chi connectivity index (χ2n) is 10.1. The largest absolute Gasteiger partial charge is 0.352 e. The lowest BCUT2D eigenvalue weighted by Gasteiger charge is -2.55. The molecule has 4 bridgehead atoms. The fourth-order valence-electron chi connectivity index (χ4n) is 6.63. The van der Waals surface area contributed by atoms with E-state index in [1.165, 1.54) is 24.8 Å². The average Bonchev–Trinajstić information content (AvgIpc) is 2.79. The number of hydrogen-bond acceptors (Lipinski definition) is 3. The van der Waals surface area contributed by atoms with Crippen molar-refractivity contribution in [2.24, 2.45) is 23.2 Å². The van der Waals surface area contributed by atoms with Crippen LogP contribution in [0.25, 0.3) is 0 Å². The Kier molecular flexibility index (Phi) is 6.19. The van der Waals surface area contributed by atoms with Crippen molar-refractivity contribution < 1.29 is 9.59 Å². The SMILES string of the molecule is O=C(NCCc1ccccc1)c1ccccc1NC(=S)NC(=O)C12CC3CC(CC(C3)C1)C2. The molecule has 4 aliphatic rings. The minimum atomic E-state index is -0.255. The van der Waals surface area contributed by atoms with Crippen molar-refractivity contribution in [2.45, 2.75) is 44.9 Å². The molecule has 4 fully saturated rings. The van der Waals surface area contributed by atoms with E-state index in [9.17, 15) is 9.59 Å². The third-order valence-corrected chi connectivity index (χ3v) is 7.91. The number of carbonyl (C=O) groups excluding carboxylic acids is 2. The average molecular weight is 462 g/mol. The first-order chi connectivity index (χ1) is 16.0. The van der Waals surface area contributed by atoms with Gasteiger partial charge in [0.05, 0.1) is 16.7 Å². The number of hydrogen-bond donors (Lipinski definition) is 3. The Hall–Kier alpha value is -2.73. The summed E-state index contributed by atoms with van der Waals surface area (Å²) >= 11 is 5.49. The highest BCUT2D eigenvalue weighted by Gasteiger charge is 2.54. The topological polar surface area (TPSA) is 70.2 Å². The first-order valence-corrected chi connectivity index (χ1v) is 12.5. The van der Waals surface area contributed by atoms with Crippen molar-refractivity contribution in [3.05, 3.63) is 65.7 Å². The van der Waals surface area contributed by atoms with Gasteiger partial charge in [0, 0.05) is 6.54 Å². The van der Waals surface area contributed by atoms with Crippen molar-refractivity contribution in [3.63, 3.8) is 0 Å². The molecule has 0 heterocycles. The molecule has 0 aliphatic heterocycles. The Labute approximate surface area is 200 Å². The Balaban J connectivity index is 1.19. The lowest BCUT2D eigenvalue weighted by molar-refractivity contribution is -0.144. The highest BCUT2D eigenvalue weighted by atomic mass is 32.1. The molecule has 0 unspecified atom stereocenters. The van der Waals surface area contributed by atoms with Crippen LogP contribution in [0.2, 0.25) is 0 Å². The molecule has 0 radical (unpaired) electrons. The summed E-state index contributed by atoms with van der Waals surface area (Å²) in [6.07, 6.45) is 7.63. The molecule has 2 aromatic rings. The first-order valence-electron chi connectivity index (χ1n) is 12.0. The maximum Gasteiger partial charge on any atom is 0.253 e. The van der Waals surface area contributed by atoms with E-state index < -0.39 is 0 Å². The zero-order valence-corrected chi connectivity index (χ0v) is 19.6. The van der Waals surface area contributed by atoms with Gasteiger partial charge in [0.25, 0.3) is 5.91 Å². The van der Waals surface area contributed by atoms with Crippen LogP contribution >= 0.6 is 12.2 Å². The molecule has 6 heteroatoms. The van der Waals surface area contributed by atoms with Crippen LogP contribution in [0, 0.1) is 23.2 Å². The number of carbonyl (C=O) groups is 2. The summed E-state index contributed by atoms with van der Waals surface area (Å²) < 4.78 is 0. The highest BCUT2D eigenvalue weighted by Crippen LogP contribution is 2.60. The molecule has 0 atom stereocenters. The minimum Gasteiger partial charge on any atom is -0.352 e. The number of rotatable bonds is 6. The molecule has 5 nitrogen and oxygen atoms in total. The molecule has 0 saturated heterocycles. The molecule has 172 valence electrons. The summed E-state index contributed by atoms with van der Waals surface area (Å²) in [7, 11) is 0. The molecule has 33 heavy (non-hydrogen) atoms. The van der Waals surface area contributed by atoms with E-state index in [1.807, 2.05) is 48.5 Å². The molecular formula is C27H31N3O2S. The Morgan fingerprint density at radius 2 is 1.48 bits per heavy atom. The molecule has 4 saturated carbocycles. The lowest BCUT2D eigenvalue weighted by atomic mass is 9.49. The fourth-order valence-corrected chi connectivity index (χ4v) is 6.83. The van der Waals surface area contributed by atoms with Gasteiger partial charge in [-0.15, -0.1) is 0 Å². The van der Waals surface area contributed by atoms with Gasteiger partial charge >= 0.3 is 0 Å². The van der Waals surface area contributed by atoms with Gasteiger partial charge in [0.2, 0.25) is 5.91 Å². The minimum absolute atomic E-state index is 0.0592. The Bertz CT molecular complexity index is 1020. The van der Waals surface area contributed by atoms with E-state index in [2.05, 4.69) is 16.0 Å². The van der Waals surface area contributed by atoms with Crippen LogP contribution in [-0.2, 0) is 11.2 Å². The lowest BCUT2D eigenvalue weighted by Crippen LogP contribution is -2.55. The number of nitrogens with one attached hydrogen (secondary N) is 3. The van der Waals surface area contributed by atoms with Crippen LogP contribution in [0.4, 0.5) is 5.69 Å². The number of thiocarbonyl (C=S) groups is 1. The Morgan fingerprint density at radius 3 is 2.15 bits per heavy atom. The van der Waals surface area contributed by atoms with Crippen LogP contribution in [0.15, 0.2) is 54.6 Å². The van der Waals surface area contributed by atoms with E-state index in [-0.39, 0.29) is 22.3 Å². The zero-order chi connectivity index (χ0) is 22.8. The van der Waals surface area contributed by atoms with Gasteiger partial charge in [-0.2, -0.15) is 0 Å². The fraction of sp³-hybridized carbons (Fsp3) is 0.444. The van der Waals surface area contributed by atoms with E-state index in [4.69, 9.17) is 12.2 Å². The third kappa shape index (κ3) is 4.81. The zero-order valence-electron chi connectivity index (χ0n) is 18.8. The Morgan fingerprint density at radius 1 is 0.879 bits per heavy atom. The molecule has 4 aliphatic carbocycles. The molecule has 2 aromatic carbocycles. The summed E-state index contributed by atoms with van der Waals surface area (Å²) in [6, 6.07) is 17.3. The summed E-state index contributed by atoms with van der Waals surface area (Å²) in [5.41, 5.74) is 2.04. The van der Waals surface area contributed by atoms with Gasteiger partial charge < -0.3 is 16.0 Å². The van der Waals surface area contributed by atoms with Crippen LogP contribution in [0.3, 0.4) is 0 Å². The van der Waals surface area contributed by atoms with Crippen molar-refractivity contribution >= 4 is 34.8 Å². The quantitative estimate of drug-likeness (QED) is 0.546. The molecule has 3 N–H and O–H groups in total. The standard InChI is InChI=1S/C27H31N3O2S/c31-24(28-11-10-18-6-2-1-3-7-18)22-8-4-5-9-23(22)29-26(33)30-25(32)27-15-19-12-20(16-27)14-21(13-19)17-27/h1-9,19-21H,10-17H2,(H,28,31)(H2,29,30,32,33). The number of benzene rings is 2. The summed E-state index contributed by atoms with van der Waals surface area (Å²) in [5, 5.41) is 9.31. The second kappa shape index (κ2) is 9.26. The van der Waals surface area contributed by atoms with E-state index in [0.717, 1.165) is 25.7 Å². The third-order valence-electron chi connectivity index (χ3n) is 7.71. The van der Waals surface area contributed by atoms with Crippen LogP contribution in [0.1, 0.15) is 54.4 Å². The van der Waals surface area contributed by atoms with Crippen LogP contribution in [0.5, 0.6) is 0 Å². The van der Waals surface area contributed by atoms with E-state index in [1.54, 1.807) is 6.07 Å². The molecule has 6 rings (SSSR count). The smallest absolute Gasteiger partial charge is 0.253 e. The highest BCUT2D eigenvalue weighted by molar-refractivity contribution is 7.80. The summed E-state index contributed by atoms with van der Waals surface area (Å²) in [6.45, 7) is 0.546. The van der Waals surface area contributed by atoms with Crippen molar-refractivity contribution in [2.75, 3.05) is 11.9 Å². The van der Waals surface area contributed by atoms with Gasteiger partial charge in [-0.05, 0) is 92.6 Å². The summed E-state index contributed by atoms with van der Waals surface area (Å²) in [5.74, 6) is 1.99. The maximum absolute atomic E-state index is 13.3. The number of anilines is 1. The van der Waals surface area contributed by atoms with E-state index >= 15 is 0 Å². The van der Waals surface area contributed by atoms with E-state index in [0.29, 0.717) is 35.5 Å². The second-order valence-corrected chi connectivity index (χ2v) is 10.6. The van der Waals surface area contributed by atoms with Crippen LogP contribution in [-0.4, -0.2) is 23.5 Å². The first kappa shape index (κ1) is 22.1. The monoisotopic (exact) mass is 461 g/mol. The van der Waals surface area contributed by atoms with Crippen molar-refractivity contribution in [3.8, 4) is 0 Å². The number of amides is 2. The predicted molar refractivity (Wildman–Crippen MR) is 134 cm³/mol. The normalized spacial score (nSPS) is 27.1. The molecular weight excluding hydrogens is 430 g/mol. The number of para-hydroxylation sites is 1. The van der Waals surface area contributed by atoms with Crippen molar-refractivity contribution in [1.82, 2.24) is 10.6 Å². The van der Waals surface area contributed by atoms with Gasteiger partial charge in [0.1, 0.15) is 0 Å². The van der Waals surface area contributed by atoms with Crippen molar-refractivity contribution in [1.29, 1.82) is 0 Å².